The first-order valence-electron chi connectivity index (χ1n) is 7.14. The number of aromatic nitrogens is 1. The van der Waals surface area contributed by atoms with Crippen LogP contribution < -0.4 is 10.2 Å². The van der Waals surface area contributed by atoms with Gasteiger partial charge in [0, 0.05) is 39.0 Å². The zero-order valence-corrected chi connectivity index (χ0v) is 12.3. The Hall–Kier alpha value is -1.13. The molecule has 1 atom stereocenters. The molecule has 0 bridgehead atoms. The summed E-state index contributed by atoms with van der Waals surface area (Å²) in [5.74, 6) is 1.16. The highest BCUT2D eigenvalue weighted by molar-refractivity contribution is 5.49. The molecule has 0 radical (unpaired) electrons. The lowest BCUT2D eigenvalue weighted by molar-refractivity contribution is 0.199. The van der Waals surface area contributed by atoms with Crippen molar-refractivity contribution in [2.24, 2.45) is 0 Å². The molecule has 0 amide bonds. The van der Waals surface area contributed by atoms with Crippen molar-refractivity contribution in [1.82, 2.24) is 10.3 Å². The Morgan fingerprint density at radius 3 is 3.00 bits per heavy atom. The number of pyridine rings is 1. The molecule has 106 valence electrons. The summed E-state index contributed by atoms with van der Waals surface area (Å²) in [5.41, 5.74) is 2.52. The summed E-state index contributed by atoms with van der Waals surface area (Å²) in [4.78, 5) is 7.09. The van der Waals surface area contributed by atoms with Gasteiger partial charge in [-0.2, -0.15) is 0 Å². The van der Waals surface area contributed by atoms with Crippen LogP contribution in [-0.4, -0.2) is 37.8 Å². The predicted octanol–water partition coefficient (Wildman–Crippen LogP) is 2.11. The van der Waals surface area contributed by atoms with E-state index in [9.17, 15) is 0 Å². The minimum atomic E-state index is 0.622. The second-order valence-electron chi connectivity index (χ2n) is 5.34. The number of hydrogen-bond acceptors (Lipinski definition) is 4. The molecule has 4 nitrogen and oxygen atoms in total. The first kappa shape index (κ1) is 14.3. The Balaban J connectivity index is 1.96. The molecule has 1 aromatic heterocycles. The van der Waals surface area contributed by atoms with Crippen LogP contribution in [0.1, 0.15) is 30.9 Å². The molecule has 1 unspecified atom stereocenters. The Kier molecular flexibility index (Phi) is 5.16. The molecule has 19 heavy (non-hydrogen) atoms. The average Bonchev–Trinajstić information content (AvgIpc) is 2.81. The SMILES string of the molecule is COCCNCc1cnc(N2CCCC2C)c(C)c1. The van der Waals surface area contributed by atoms with Crippen molar-refractivity contribution >= 4 is 5.82 Å². The van der Waals surface area contributed by atoms with Crippen LogP contribution >= 0.6 is 0 Å². The number of rotatable bonds is 6. The van der Waals surface area contributed by atoms with Gasteiger partial charge in [-0.3, -0.25) is 0 Å². The third kappa shape index (κ3) is 3.67. The van der Waals surface area contributed by atoms with E-state index in [0.717, 1.165) is 32.1 Å². The van der Waals surface area contributed by atoms with Crippen molar-refractivity contribution in [3.63, 3.8) is 0 Å². The minimum absolute atomic E-state index is 0.622. The fourth-order valence-corrected chi connectivity index (χ4v) is 2.68. The van der Waals surface area contributed by atoms with Crippen LogP contribution in [0, 0.1) is 6.92 Å². The van der Waals surface area contributed by atoms with E-state index in [0.29, 0.717) is 6.04 Å². The second-order valence-corrected chi connectivity index (χ2v) is 5.34. The Morgan fingerprint density at radius 1 is 1.53 bits per heavy atom. The molecule has 0 spiro atoms. The maximum Gasteiger partial charge on any atom is 0.131 e. The number of hydrogen-bond donors (Lipinski definition) is 1. The van der Waals surface area contributed by atoms with Gasteiger partial charge in [0.15, 0.2) is 0 Å². The van der Waals surface area contributed by atoms with Crippen LogP contribution in [0.15, 0.2) is 12.3 Å². The van der Waals surface area contributed by atoms with Crippen LogP contribution in [0.2, 0.25) is 0 Å². The van der Waals surface area contributed by atoms with E-state index in [2.05, 4.69) is 35.1 Å². The van der Waals surface area contributed by atoms with Gasteiger partial charge in [-0.1, -0.05) is 0 Å². The van der Waals surface area contributed by atoms with E-state index in [4.69, 9.17) is 4.74 Å². The summed E-state index contributed by atoms with van der Waals surface area (Å²) < 4.78 is 5.02. The first-order chi connectivity index (χ1) is 9.22. The highest BCUT2D eigenvalue weighted by atomic mass is 16.5. The number of anilines is 1. The molecule has 2 heterocycles. The second kappa shape index (κ2) is 6.87. The van der Waals surface area contributed by atoms with Crippen molar-refractivity contribution in [2.75, 3.05) is 31.7 Å². The predicted molar refractivity (Wildman–Crippen MR) is 78.6 cm³/mol. The lowest BCUT2D eigenvalue weighted by atomic mass is 10.2. The fourth-order valence-electron chi connectivity index (χ4n) is 2.68. The molecule has 1 N–H and O–H groups in total. The molecule has 0 saturated carbocycles. The molecule has 1 saturated heterocycles. The topological polar surface area (TPSA) is 37.4 Å². The lowest BCUT2D eigenvalue weighted by Crippen LogP contribution is -2.28. The van der Waals surface area contributed by atoms with Crippen LogP contribution in [-0.2, 0) is 11.3 Å². The van der Waals surface area contributed by atoms with Crippen molar-refractivity contribution < 1.29 is 4.74 Å². The van der Waals surface area contributed by atoms with Crippen LogP contribution in [0.25, 0.3) is 0 Å². The van der Waals surface area contributed by atoms with E-state index in [1.165, 1.54) is 24.0 Å². The Bertz CT molecular complexity index is 408. The number of ether oxygens (including phenoxy) is 1. The monoisotopic (exact) mass is 263 g/mol. The number of methoxy groups -OCH3 is 1. The van der Waals surface area contributed by atoms with E-state index in [1.807, 2.05) is 6.20 Å². The summed E-state index contributed by atoms with van der Waals surface area (Å²) >= 11 is 0. The maximum absolute atomic E-state index is 5.02. The minimum Gasteiger partial charge on any atom is -0.383 e. The molecule has 1 aliphatic rings. The van der Waals surface area contributed by atoms with Gasteiger partial charge in [-0.15, -0.1) is 0 Å². The molecule has 4 heteroatoms. The summed E-state index contributed by atoms with van der Waals surface area (Å²) in [5, 5.41) is 3.35. The smallest absolute Gasteiger partial charge is 0.131 e. The summed E-state index contributed by atoms with van der Waals surface area (Å²) in [6.07, 6.45) is 4.55. The molecule has 0 aromatic carbocycles. The van der Waals surface area contributed by atoms with Gasteiger partial charge in [0.05, 0.1) is 6.61 Å². The standard InChI is InChI=1S/C15H25N3O/c1-12-9-14(10-16-6-8-19-3)11-17-15(12)18-7-4-5-13(18)2/h9,11,13,16H,4-8,10H2,1-3H3. The maximum atomic E-state index is 5.02. The van der Waals surface area contributed by atoms with Crippen LogP contribution in [0.5, 0.6) is 0 Å². The van der Waals surface area contributed by atoms with Gasteiger partial charge in [-0.25, -0.2) is 4.98 Å². The third-order valence-corrected chi connectivity index (χ3v) is 3.74. The number of nitrogens with zero attached hydrogens (tertiary/aromatic N) is 2. The Morgan fingerprint density at radius 2 is 2.37 bits per heavy atom. The summed E-state index contributed by atoms with van der Waals surface area (Å²) in [6, 6.07) is 2.87. The Labute approximate surface area is 116 Å². The van der Waals surface area contributed by atoms with E-state index < -0.39 is 0 Å². The molecule has 0 aliphatic carbocycles. The van der Waals surface area contributed by atoms with E-state index in [1.54, 1.807) is 7.11 Å². The number of aryl methyl sites for hydroxylation is 1. The molecule has 1 aromatic rings. The van der Waals surface area contributed by atoms with E-state index in [-0.39, 0.29) is 0 Å². The summed E-state index contributed by atoms with van der Waals surface area (Å²) in [6.45, 7) is 8.06. The van der Waals surface area contributed by atoms with Crippen molar-refractivity contribution in [1.29, 1.82) is 0 Å². The molecule has 1 aliphatic heterocycles. The van der Waals surface area contributed by atoms with Crippen LogP contribution in [0.4, 0.5) is 5.82 Å². The highest BCUT2D eigenvalue weighted by Gasteiger charge is 2.22. The average molecular weight is 263 g/mol. The van der Waals surface area contributed by atoms with Gasteiger partial charge in [-0.05, 0) is 43.9 Å². The van der Waals surface area contributed by atoms with Gasteiger partial charge in [0.25, 0.3) is 0 Å². The molecule has 1 fully saturated rings. The first-order valence-corrected chi connectivity index (χ1v) is 7.14. The molecular weight excluding hydrogens is 238 g/mol. The molecular formula is C15H25N3O. The van der Waals surface area contributed by atoms with Gasteiger partial charge in [0.2, 0.25) is 0 Å². The summed E-state index contributed by atoms with van der Waals surface area (Å²) in [7, 11) is 1.72. The zero-order chi connectivity index (χ0) is 13.7. The van der Waals surface area contributed by atoms with Crippen LogP contribution in [0.3, 0.4) is 0 Å². The molecule has 2 rings (SSSR count). The van der Waals surface area contributed by atoms with Crippen molar-refractivity contribution in [2.45, 2.75) is 39.3 Å². The highest BCUT2D eigenvalue weighted by Crippen LogP contribution is 2.26. The van der Waals surface area contributed by atoms with Gasteiger partial charge in [0.1, 0.15) is 5.82 Å². The van der Waals surface area contributed by atoms with Gasteiger partial charge < -0.3 is 15.0 Å². The van der Waals surface area contributed by atoms with Gasteiger partial charge >= 0.3 is 0 Å². The largest absolute Gasteiger partial charge is 0.383 e. The third-order valence-electron chi connectivity index (χ3n) is 3.74. The number of nitrogens with one attached hydrogen (secondary N) is 1. The normalized spacial score (nSPS) is 19.1. The van der Waals surface area contributed by atoms with Crippen molar-refractivity contribution in [3.05, 3.63) is 23.4 Å². The van der Waals surface area contributed by atoms with E-state index >= 15 is 0 Å². The van der Waals surface area contributed by atoms with Crippen molar-refractivity contribution in [3.8, 4) is 0 Å². The zero-order valence-electron chi connectivity index (χ0n) is 12.3. The fraction of sp³-hybridized carbons (Fsp3) is 0.667. The quantitative estimate of drug-likeness (QED) is 0.798. The lowest BCUT2D eigenvalue weighted by Gasteiger charge is -2.24.